The topological polar surface area (TPSA) is 52.0 Å². The second-order valence-corrected chi connectivity index (χ2v) is 3.39. The van der Waals surface area contributed by atoms with E-state index in [0.717, 1.165) is 11.5 Å². The van der Waals surface area contributed by atoms with E-state index in [4.69, 9.17) is 10.2 Å². The number of halogens is 1. The van der Waals surface area contributed by atoms with Crippen molar-refractivity contribution in [3.8, 4) is 11.5 Å². The van der Waals surface area contributed by atoms with Crippen molar-refractivity contribution in [1.82, 2.24) is 4.98 Å². The molecule has 0 aliphatic carbocycles. The van der Waals surface area contributed by atoms with Gasteiger partial charge in [-0.05, 0) is 32.0 Å². The average Bonchev–Trinajstić information content (AvgIpc) is 2.46. The minimum absolute atomic E-state index is 0.330. The summed E-state index contributed by atoms with van der Waals surface area (Å²) in [7, 11) is 0. The fraction of sp³-hybridized carbons (Fsp3) is 0.182. The van der Waals surface area contributed by atoms with E-state index in [1.807, 2.05) is 13.8 Å². The third-order valence-electron chi connectivity index (χ3n) is 2.27. The zero-order valence-corrected chi connectivity index (χ0v) is 8.54. The fourth-order valence-electron chi connectivity index (χ4n) is 1.32. The lowest BCUT2D eigenvalue weighted by atomic mass is 10.2. The molecule has 0 radical (unpaired) electrons. The first kappa shape index (κ1) is 9.71. The zero-order valence-electron chi connectivity index (χ0n) is 8.54. The van der Waals surface area contributed by atoms with Crippen LogP contribution < -0.4 is 5.73 Å². The molecule has 3 nitrogen and oxygen atoms in total. The van der Waals surface area contributed by atoms with Crippen LogP contribution in [0.25, 0.3) is 11.5 Å². The highest BCUT2D eigenvalue weighted by molar-refractivity contribution is 5.70. The third-order valence-corrected chi connectivity index (χ3v) is 2.27. The fourth-order valence-corrected chi connectivity index (χ4v) is 1.32. The van der Waals surface area contributed by atoms with E-state index < -0.39 is 0 Å². The Balaban J connectivity index is 2.54. The van der Waals surface area contributed by atoms with Crippen molar-refractivity contribution in [2.45, 2.75) is 13.8 Å². The molecule has 15 heavy (non-hydrogen) atoms. The van der Waals surface area contributed by atoms with Crippen LogP contribution >= 0.6 is 0 Å². The van der Waals surface area contributed by atoms with E-state index in [-0.39, 0.29) is 5.82 Å². The van der Waals surface area contributed by atoms with Crippen molar-refractivity contribution in [3.05, 3.63) is 35.5 Å². The van der Waals surface area contributed by atoms with E-state index in [1.165, 1.54) is 12.1 Å². The molecule has 0 atom stereocenters. The third kappa shape index (κ3) is 1.70. The number of hydrogen-bond donors (Lipinski definition) is 1. The molecule has 0 fully saturated rings. The van der Waals surface area contributed by atoms with E-state index in [9.17, 15) is 4.39 Å². The van der Waals surface area contributed by atoms with Crippen molar-refractivity contribution in [2.24, 2.45) is 0 Å². The van der Waals surface area contributed by atoms with Crippen LogP contribution in [-0.2, 0) is 0 Å². The van der Waals surface area contributed by atoms with Gasteiger partial charge in [-0.2, -0.15) is 0 Å². The Morgan fingerprint density at radius 2 is 2.07 bits per heavy atom. The van der Waals surface area contributed by atoms with Gasteiger partial charge in [-0.25, -0.2) is 9.37 Å². The lowest BCUT2D eigenvalue weighted by Crippen LogP contribution is -1.91. The Morgan fingerprint density at radius 1 is 1.33 bits per heavy atom. The SMILES string of the molecule is Cc1nc(-c2ccc(F)cc2N)oc1C. The van der Waals surface area contributed by atoms with Gasteiger partial charge in [0.2, 0.25) is 5.89 Å². The first-order valence-corrected chi connectivity index (χ1v) is 4.57. The molecule has 0 aliphatic heterocycles. The number of anilines is 1. The average molecular weight is 206 g/mol. The second kappa shape index (κ2) is 3.38. The maximum absolute atomic E-state index is 12.8. The van der Waals surface area contributed by atoms with Gasteiger partial charge >= 0.3 is 0 Å². The lowest BCUT2D eigenvalue weighted by molar-refractivity contribution is 0.541. The summed E-state index contributed by atoms with van der Waals surface area (Å²) >= 11 is 0. The molecule has 0 spiro atoms. The first-order valence-electron chi connectivity index (χ1n) is 4.57. The molecule has 4 heteroatoms. The van der Waals surface area contributed by atoms with Crippen LogP contribution in [-0.4, -0.2) is 4.98 Å². The number of hydrogen-bond acceptors (Lipinski definition) is 3. The maximum atomic E-state index is 12.8. The molecule has 0 amide bonds. The highest BCUT2D eigenvalue weighted by Crippen LogP contribution is 2.27. The summed E-state index contributed by atoms with van der Waals surface area (Å²) in [4.78, 5) is 4.20. The molecule has 2 rings (SSSR count). The van der Waals surface area contributed by atoms with E-state index in [1.54, 1.807) is 6.07 Å². The number of aromatic nitrogens is 1. The Bertz CT molecular complexity index is 486. The zero-order chi connectivity index (χ0) is 11.0. The highest BCUT2D eigenvalue weighted by Gasteiger charge is 2.11. The Labute approximate surface area is 86.7 Å². The normalized spacial score (nSPS) is 10.6. The quantitative estimate of drug-likeness (QED) is 0.730. The van der Waals surface area contributed by atoms with Gasteiger partial charge in [0.1, 0.15) is 11.6 Å². The standard InChI is InChI=1S/C11H11FN2O/c1-6-7(2)15-11(14-6)9-4-3-8(12)5-10(9)13/h3-5H,13H2,1-2H3. The summed E-state index contributed by atoms with van der Waals surface area (Å²) in [6.07, 6.45) is 0. The molecular formula is C11H11FN2O. The van der Waals surface area contributed by atoms with Gasteiger partial charge in [0.15, 0.2) is 0 Å². The monoisotopic (exact) mass is 206 g/mol. The summed E-state index contributed by atoms with van der Waals surface area (Å²) in [5.41, 5.74) is 7.43. The molecule has 0 unspecified atom stereocenters. The summed E-state index contributed by atoms with van der Waals surface area (Å²) in [6, 6.07) is 4.15. The number of oxazole rings is 1. The summed E-state index contributed by atoms with van der Waals surface area (Å²) in [6.45, 7) is 3.67. The van der Waals surface area contributed by atoms with Crippen LogP contribution in [0.15, 0.2) is 22.6 Å². The van der Waals surface area contributed by atoms with Crippen molar-refractivity contribution in [1.29, 1.82) is 0 Å². The summed E-state index contributed by atoms with van der Waals surface area (Å²) in [5.74, 6) is 0.812. The number of rotatable bonds is 1. The van der Waals surface area contributed by atoms with Gasteiger partial charge in [0, 0.05) is 5.69 Å². The van der Waals surface area contributed by atoms with E-state index >= 15 is 0 Å². The van der Waals surface area contributed by atoms with Gasteiger partial charge in [0.05, 0.1) is 11.3 Å². The molecule has 0 aliphatic rings. The van der Waals surface area contributed by atoms with Gasteiger partial charge in [-0.1, -0.05) is 0 Å². The molecule has 1 aromatic carbocycles. The molecular weight excluding hydrogens is 195 g/mol. The van der Waals surface area contributed by atoms with Crippen LogP contribution in [0.3, 0.4) is 0 Å². The van der Waals surface area contributed by atoms with Crippen LogP contribution in [0.5, 0.6) is 0 Å². The van der Waals surface area contributed by atoms with Gasteiger partial charge in [-0.15, -0.1) is 0 Å². The molecule has 2 aromatic rings. The van der Waals surface area contributed by atoms with Gasteiger partial charge in [0.25, 0.3) is 0 Å². The molecule has 2 N–H and O–H groups in total. The first-order chi connectivity index (χ1) is 7.08. The van der Waals surface area contributed by atoms with Crippen LogP contribution in [0.1, 0.15) is 11.5 Å². The minimum Gasteiger partial charge on any atom is -0.441 e. The number of aryl methyl sites for hydroxylation is 2. The van der Waals surface area contributed by atoms with Crippen molar-refractivity contribution < 1.29 is 8.81 Å². The summed E-state index contributed by atoms with van der Waals surface area (Å²) in [5, 5.41) is 0. The van der Waals surface area contributed by atoms with Crippen molar-refractivity contribution in [2.75, 3.05) is 5.73 Å². The van der Waals surface area contributed by atoms with Crippen LogP contribution in [0, 0.1) is 19.7 Å². The predicted octanol–water partition coefficient (Wildman–Crippen LogP) is 2.68. The van der Waals surface area contributed by atoms with E-state index in [2.05, 4.69) is 4.98 Å². The van der Waals surface area contributed by atoms with Gasteiger partial charge < -0.3 is 10.2 Å². The smallest absolute Gasteiger partial charge is 0.228 e. The van der Waals surface area contributed by atoms with Crippen LogP contribution in [0.2, 0.25) is 0 Å². The highest BCUT2D eigenvalue weighted by atomic mass is 19.1. The lowest BCUT2D eigenvalue weighted by Gasteiger charge is -2.00. The predicted molar refractivity (Wildman–Crippen MR) is 55.8 cm³/mol. The molecule has 78 valence electrons. The molecule has 0 bridgehead atoms. The number of nitrogen functional groups attached to an aromatic ring is 1. The second-order valence-electron chi connectivity index (χ2n) is 3.39. The Morgan fingerprint density at radius 3 is 2.60 bits per heavy atom. The van der Waals surface area contributed by atoms with Crippen LogP contribution in [0.4, 0.5) is 10.1 Å². The number of nitrogens with two attached hydrogens (primary N) is 1. The van der Waals surface area contributed by atoms with Crippen molar-refractivity contribution >= 4 is 5.69 Å². The number of benzene rings is 1. The summed E-state index contributed by atoms with van der Waals surface area (Å²) < 4.78 is 18.2. The molecule has 0 saturated heterocycles. The molecule has 0 saturated carbocycles. The number of nitrogens with zero attached hydrogens (tertiary/aromatic N) is 1. The Kier molecular flexibility index (Phi) is 2.19. The molecule has 1 heterocycles. The van der Waals surface area contributed by atoms with E-state index in [0.29, 0.717) is 17.1 Å². The van der Waals surface area contributed by atoms with Crippen molar-refractivity contribution in [3.63, 3.8) is 0 Å². The molecule has 1 aromatic heterocycles. The maximum Gasteiger partial charge on any atom is 0.228 e. The minimum atomic E-state index is -0.365. The largest absolute Gasteiger partial charge is 0.441 e. The Hall–Kier alpha value is -1.84. The van der Waals surface area contributed by atoms with Gasteiger partial charge in [-0.3, -0.25) is 0 Å².